The number of carbonyl (C=O) groups excluding carboxylic acids is 1. The van der Waals surface area contributed by atoms with Crippen molar-refractivity contribution in [1.82, 2.24) is 19.9 Å². The smallest absolute Gasteiger partial charge is 0.229 e. The van der Waals surface area contributed by atoms with Crippen molar-refractivity contribution in [3.63, 3.8) is 0 Å². The van der Waals surface area contributed by atoms with Crippen LogP contribution in [-0.4, -0.2) is 38.8 Å². The van der Waals surface area contributed by atoms with E-state index in [0.29, 0.717) is 11.9 Å². The number of rotatable bonds is 3. The number of nitrogens with one attached hydrogen (secondary N) is 1. The predicted molar refractivity (Wildman–Crippen MR) is 81.7 cm³/mol. The second-order valence-corrected chi connectivity index (χ2v) is 5.94. The Balaban J connectivity index is 1.67. The molecule has 2 aromatic heterocycles. The van der Waals surface area contributed by atoms with E-state index in [1.807, 2.05) is 16.3 Å². The standard InChI is InChI=1S/C14H17N5OS/c1-10(20)19-7-3-11(4-8-19)12-2-5-15-13(17-12)18-14-16-6-9-21-14/h2,5-6,9,11H,3-4,7-8H2,1H3,(H,15,16,17,18). The number of likely N-dealkylation sites (tertiary alicyclic amines) is 1. The summed E-state index contributed by atoms with van der Waals surface area (Å²) in [4.78, 5) is 26.2. The van der Waals surface area contributed by atoms with Gasteiger partial charge in [-0.2, -0.15) is 0 Å². The van der Waals surface area contributed by atoms with E-state index >= 15 is 0 Å². The molecule has 0 spiro atoms. The highest BCUT2D eigenvalue weighted by Gasteiger charge is 2.23. The summed E-state index contributed by atoms with van der Waals surface area (Å²) in [6.45, 7) is 3.24. The van der Waals surface area contributed by atoms with Crippen LogP contribution in [0.15, 0.2) is 23.8 Å². The zero-order valence-corrected chi connectivity index (χ0v) is 12.6. The second kappa shape index (κ2) is 6.17. The first-order chi connectivity index (χ1) is 10.2. The molecule has 0 aliphatic carbocycles. The topological polar surface area (TPSA) is 71.0 Å². The molecule has 3 rings (SSSR count). The van der Waals surface area contributed by atoms with Gasteiger partial charge in [0.2, 0.25) is 11.9 Å². The summed E-state index contributed by atoms with van der Waals surface area (Å²) in [5.41, 5.74) is 1.03. The van der Waals surface area contributed by atoms with Crippen molar-refractivity contribution >= 4 is 28.3 Å². The fourth-order valence-electron chi connectivity index (χ4n) is 2.53. The minimum Gasteiger partial charge on any atom is -0.343 e. The van der Waals surface area contributed by atoms with Crippen molar-refractivity contribution in [2.24, 2.45) is 0 Å². The minimum absolute atomic E-state index is 0.155. The Morgan fingerprint density at radius 2 is 2.14 bits per heavy atom. The molecule has 21 heavy (non-hydrogen) atoms. The fourth-order valence-corrected chi connectivity index (χ4v) is 3.05. The van der Waals surface area contributed by atoms with Gasteiger partial charge in [0.25, 0.3) is 0 Å². The van der Waals surface area contributed by atoms with E-state index in [1.54, 1.807) is 19.3 Å². The van der Waals surface area contributed by atoms with E-state index in [4.69, 9.17) is 0 Å². The third-order valence-corrected chi connectivity index (χ3v) is 4.38. The zero-order chi connectivity index (χ0) is 14.7. The van der Waals surface area contributed by atoms with Crippen LogP contribution in [0.25, 0.3) is 0 Å². The number of hydrogen-bond donors (Lipinski definition) is 1. The van der Waals surface area contributed by atoms with Crippen molar-refractivity contribution in [2.45, 2.75) is 25.7 Å². The van der Waals surface area contributed by atoms with Gasteiger partial charge in [0, 0.05) is 49.4 Å². The van der Waals surface area contributed by atoms with Gasteiger partial charge in [0.05, 0.1) is 0 Å². The highest BCUT2D eigenvalue weighted by atomic mass is 32.1. The average molecular weight is 303 g/mol. The van der Waals surface area contributed by atoms with Crippen LogP contribution in [0.3, 0.4) is 0 Å². The van der Waals surface area contributed by atoms with E-state index in [0.717, 1.165) is 36.8 Å². The van der Waals surface area contributed by atoms with Crippen LogP contribution in [0.5, 0.6) is 0 Å². The number of aromatic nitrogens is 3. The summed E-state index contributed by atoms with van der Waals surface area (Å²) < 4.78 is 0. The Morgan fingerprint density at radius 1 is 1.33 bits per heavy atom. The molecule has 0 radical (unpaired) electrons. The summed E-state index contributed by atoms with van der Waals surface area (Å²) >= 11 is 1.52. The Morgan fingerprint density at radius 3 is 2.81 bits per heavy atom. The molecule has 1 aliphatic rings. The number of nitrogens with zero attached hydrogens (tertiary/aromatic N) is 4. The number of hydrogen-bond acceptors (Lipinski definition) is 6. The minimum atomic E-state index is 0.155. The molecule has 110 valence electrons. The Bertz CT molecular complexity index is 608. The molecule has 1 fully saturated rings. The molecular weight excluding hydrogens is 286 g/mol. The van der Waals surface area contributed by atoms with Crippen LogP contribution >= 0.6 is 11.3 Å². The van der Waals surface area contributed by atoms with Gasteiger partial charge in [0.1, 0.15) is 0 Å². The highest BCUT2D eigenvalue weighted by molar-refractivity contribution is 7.13. The number of thiazole rings is 1. The average Bonchev–Trinajstić information content (AvgIpc) is 3.00. The third kappa shape index (κ3) is 3.36. The fraction of sp³-hybridized carbons (Fsp3) is 0.429. The van der Waals surface area contributed by atoms with Crippen molar-refractivity contribution in [3.8, 4) is 0 Å². The first-order valence-corrected chi connectivity index (χ1v) is 7.85. The molecule has 0 saturated carbocycles. The van der Waals surface area contributed by atoms with E-state index in [9.17, 15) is 4.79 Å². The largest absolute Gasteiger partial charge is 0.343 e. The lowest BCUT2D eigenvalue weighted by atomic mass is 9.93. The van der Waals surface area contributed by atoms with Crippen LogP contribution in [0.1, 0.15) is 31.4 Å². The molecule has 1 N–H and O–H groups in total. The maximum Gasteiger partial charge on any atom is 0.229 e. The van der Waals surface area contributed by atoms with E-state index in [2.05, 4.69) is 20.3 Å². The SMILES string of the molecule is CC(=O)N1CCC(c2ccnc(Nc3nccs3)n2)CC1. The molecule has 1 saturated heterocycles. The zero-order valence-electron chi connectivity index (χ0n) is 11.8. The number of amides is 1. The summed E-state index contributed by atoms with van der Waals surface area (Å²) in [5.74, 6) is 1.12. The quantitative estimate of drug-likeness (QED) is 0.942. The summed E-state index contributed by atoms with van der Waals surface area (Å²) in [5, 5.41) is 5.81. The van der Waals surface area contributed by atoms with Gasteiger partial charge in [-0.25, -0.2) is 15.0 Å². The van der Waals surface area contributed by atoms with Gasteiger partial charge in [-0.1, -0.05) is 0 Å². The predicted octanol–water partition coefficient (Wildman–Crippen LogP) is 2.40. The lowest BCUT2D eigenvalue weighted by Crippen LogP contribution is -2.36. The van der Waals surface area contributed by atoms with E-state index in [1.165, 1.54) is 11.3 Å². The molecule has 2 aromatic rings. The first kappa shape index (κ1) is 13.9. The van der Waals surface area contributed by atoms with Crippen molar-refractivity contribution < 1.29 is 4.79 Å². The van der Waals surface area contributed by atoms with Crippen LogP contribution in [0.2, 0.25) is 0 Å². The van der Waals surface area contributed by atoms with E-state index < -0.39 is 0 Å². The Labute approximate surface area is 127 Å². The number of carbonyl (C=O) groups is 1. The Kier molecular flexibility index (Phi) is 4.10. The van der Waals surface area contributed by atoms with Crippen LogP contribution < -0.4 is 5.32 Å². The third-order valence-electron chi connectivity index (χ3n) is 3.69. The highest BCUT2D eigenvalue weighted by Crippen LogP contribution is 2.27. The molecule has 1 amide bonds. The van der Waals surface area contributed by atoms with Crippen LogP contribution in [-0.2, 0) is 4.79 Å². The summed E-state index contributed by atoms with van der Waals surface area (Å²) in [7, 11) is 0. The molecule has 6 nitrogen and oxygen atoms in total. The Hall–Kier alpha value is -2.02. The molecule has 1 aliphatic heterocycles. The maximum atomic E-state index is 11.4. The van der Waals surface area contributed by atoms with Crippen molar-refractivity contribution in [1.29, 1.82) is 0 Å². The van der Waals surface area contributed by atoms with Gasteiger partial charge < -0.3 is 10.2 Å². The first-order valence-electron chi connectivity index (χ1n) is 6.97. The van der Waals surface area contributed by atoms with Crippen molar-refractivity contribution in [3.05, 3.63) is 29.5 Å². The molecule has 0 atom stereocenters. The summed E-state index contributed by atoms with van der Waals surface area (Å²) in [6, 6.07) is 1.96. The number of piperidine rings is 1. The molecule has 7 heteroatoms. The van der Waals surface area contributed by atoms with Gasteiger partial charge in [-0.05, 0) is 18.9 Å². The monoisotopic (exact) mass is 303 g/mol. The van der Waals surface area contributed by atoms with Gasteiger partial charge in [-0.3, -0.25) is 4.79 Å². The van der Waals surface area contributed by atoms with Crippen LogP contribution in [0, 0.1) is 0 Å². The second-order valence-electron chi connectivity index (χ2n) is 5.05. The van der Waals surface area contributed by atoms with Crippen molar-refractivity contribution in [2.75, 3.05) is 18.4 Å². The molecule has 0 bridgehead atoms. The number of anilines is 2. The van der Waals surface area contributed by atoms with E-state index in [-0.39, 0.29) is 5.91 Å². The molecular formula is C14H17N5OS. The van der Waals surface area contributed by atoms with Gasteiger partial charge >= 0.3 is 0 Å². The lowest BCUT2D eigenvalue weighted by Gasteiger charge is -2.30. The van der Waals surface area contributed by atoms with Gasteiger partial charge in [-0.15, -0.1) is 11.3 Å². The molecule has 0 aromatic carbocycles. The molecule has 0 unspecified atom stereocenters. The lowest BCUT2D eigenvalue weighted by molar-refractivity contribution is -0.129. The molecule has 3 heterocycles. The van der Waals surface area contributed by atoms with Gasteiger partial charge in [0.15, 0.2) is 5.13 Å². The normalized spacial score (nSPS) is 16.0. The summed E-state index contributed by atoms with van der Waals surface area (Å²) in [6.07, 6.45) is 5.42. The maximum absolute atomic E-state index is 11.4. The van der Waals surface area contributed by atoms with Crippen LogP contribution in [0.4, 0.5) is 11.1 Å².